The van der Waals surface area contributed by atoms with Crippen molar-refractivity contribution in [2.75, 3.05) is 6.54 Å². The average Bonchev–Trinajstić information content (AvgIpc) is 2.53. The van der Waals surface area contributed by atoms with Gasteiger partial charge in [0, 0.05) is 15.5 Å². The monoisotopic (exact) mass is 394 g/mol. The van der Waals surface area contributed by atoms with Crippen LogP contribution < -0.4 is 10.6 Å². The molecule has 0 heterocycles. The summed E-state index contributed by atoms with van der Waals surface area (Å²) < 4.78 is 0.996. The van der Waals surface area contributed by atoms with Crippen LogP contribution >= 0.6 is 27.5 Å². The van der Waals surface area contributed by atoms with E-state index in [0.717, 1.165) is 15.6 Å². The van der Waals surface area contributed by atoms with Crippen LogP contribution in [0.4, 0.5) is 0 Å². The van der Waals surface area contributed by atoms with Crippen molar-refractivity contribution in [2.24, 2.45) is 0 Å². The predicted octanol–water partition coefficient (Wildman–Crippen LogP) is 4.63. The Kier molecular flexibility index (Phi) is 6.63. The van der Waals surface area contributed by atoms with Crippen LogP contribution in [0.25, 0.3) is 0 Å². The van der Waals surface area contributed by atoms with Crippen LogP contribution in [-0.2, 0) is 4.79 Å². The molecule has 122 valence electrons. The lowest BCUT2D eigenvalue weighted by molar-refractivity contribution is -0.121. The molecular formula is C18H20BrClN2O. The lowest BCUT2D eigenvalue weighted by Crippen LogP contribution is -2.36. The third-order valence-electron chi connectivity index (χ3n) is 3.69. The second-order valence-corrected chi connectivity index (χ2v) is 6.76. The van der Waals surface area contributed by atoms with E-state index in [0.29, 0.717) is 5.02 Å². The lowest BCUT2D eigenvalue weighted by Gasteiger charge is -2.18. The molecule has 2 aromatic rings. The van der Waals surface area contributed by atoms with Gasteiger partial charge in [-0.3, -0.25) is 4.79 Å². The molecule has 5 heteroatoms. The van der Waals surface area contributed by atoms with Crippen LogP contribution in [0.2, 0.25) is 5.02 Å². The van der Waals surface area contributed by atoms with Crippen LogP contribution in [0.1, 0.15) is 37.1 Å². The molecule has 0 fully saturated rings. The van der Waals surface area contributed by atoms with Crippen molar-refractivity contribution in [3.8, 4) is 0 Å². The van der Waals surface area contributed by atoms with Crippen molar-refractivity contribution >= 4 is 33.4 Å². The Morgan fingerprint density at radius 2 is 1.74 bits per heavy atom. The number of hydrogen-bond acceptors (Lipinski definition) is 2. The summed E-state index contributed by atoms with van der Waals surface area (Å²) in [7, 11) is 0. The van der Waals surface area contributed by atoms with E-state index in [2.05, 4.69) is 26.6 Å². The van der Waals surface area contributed by atoms with Gasteiger partial charge in [-0.25, -0.2) is 0 Å². The first-order valence-electron chi connectivity index (χ1n) is 7.50. The van der Waals surface area contributed by atoms with Gasteiger partial charge < -0.3 is 10.6 Å². The van der Waals surface area contributed by atoms with Gasteiger partial charge in [-0.1, -0.05) is 57.9 Å². The molecule has 0 unspecified atom stereocenters. The maximum Gasteiger partial charge on any atom is 0.234 e. The highest BCUT2D eigenvalue weighted by molar-refractivity contribution is 9.10. The Labute approximate surface area is 150 Å². The van der Waals surface area contributed by atoms with E-state index in [1.165, 1.54) is 0 Å². The summed E-state index contributed by atoms with van der Waals surface area (Å²) in [6, 6.07) is 15.5. The van der Waals surface area contributed by atoms with Crippen LogP contribution in [-0.4, -0.2) is 12.5 Å². The summed E-state index contributed by atoms with van der Waals surface area (Å²) in [5, 5.41) is 6.93. The normalized spacial score (nSPS) is 13.4. The molecule has 0 aliphatic heterocycles. The minimum Gasteiger partial charge on any atom is -0.348 e. The van der Waals surface area contributed by atoms with Crippen molar-refractivity contribution in [3.63, 3.8) is 0 Å². The van der Waals surface area contributed by atoms with Crippen LogP contribution in [0.3, 0.4) is 0 Å². The minimum absolute atomic E-state index is 0.0333. The maximum absolute atomic E-state index is 12.1. The highest BCUT2D eigenvalue weighted by Crippen LogP contribution is 2.22. The van der Waals surface area contributed by atoms with E-state index < -0.39 is 0 Å². The highest BCUT2D eigenvalue weighted by Gasteiger charge is 2.13. The number of carbonyl (C=O) groups is 1. The Balaban J connectivity index is 1.85. The fourth-order valence-electron chi connectivity index (χ4n) is 2.31. The first-order chi connectivity index (χ1) is 11.0. The smallest absolute Gasteiger partial charge is 0.234 e. The van der Waals surface area contributed by atoms with Gasteiger partial charge in [0.25, 0.3) is 0 Å². The summed E-state index contributed by atoms with van der Waals surface area (Å²) >= 11 is 9.39. The van der Waals surface area contributed by atoms with Gasteiger partial charge in [-0.2, -0.15) is 0 Å². The molecule has 2 aromatic carbocycles. The maximum atomic E-state index is 12.1. The van der Waals surface area contributed by atoms with Gasteiger partial charge in [0.1, 0.15) is 0 Å². The van der Waals surface area contributed by atoms with Crippen LogP contribution in [0.15, 0.2) is 53.0 Å². The summed E-state index contributed by atoms with van der Waals surface area (Å²) in [6.07, 6.45) is 0. The fraction of sp³-hybridized carbons (Fsp3) is 0.278. The molecule has 3 nitrogen and oxygen atoms in total. The zero-order valence-corrected chi connectivity index (χ0v) is 15.5. The molecule has 2 atom stereocenters. The standard InChI is InChI=1S/C18H20BrClN2O/c1-12(14-7-9-15(20)10-8-14)21-11-18(23)22-13(2)16-5-3-4-6-17(16)19/h3-10,12-13,21H,11H2,1-2H3,(H,22,23)/t12-,13+/m1/s1. The van der Waals surface area contributed by atoms with Crippen molar-refractivity contribution in [1.29, 1.82) is 0 Å². The summed E-state index contributed by atoms with van der Waals surface area (Å²) in [4.78, 5) is 12.1. The zero-order chi connectivity index (χ0) is 16.8. The number of hydrogen-bond donors (Lipinski definition) is 2. The fourth-order valence-corrected chi connectivity index (χ4v) is 3.07. The van der Waals surface area contributed by atoms with Gasteiger partial charge in [-0.05, 0) is 43.2 Å². The molecule has 0 bridgehead atoms. The van der Waals surface area contributed by atoms with Crippen LogP contribution in [0.5, 0.6) is 0 Å². The molecule has 2 N–H and O–H groups in total. The number of carbonyl (C=O) groups excluding carboxylic acids is 1. The summed E-state index contributed by atoms with van der Waals surface area (Å²) in [5.74, 6) is -0.0333. The molecule has 0 saturated heterocycles. The van der Waals surface area contributed by atoms with Crippen molar-refractivity contribution in [1.82, 2.24) is 10.6 Å². The summed E-state index contributed by atoms with van der Waals surface area (Å²) in [5.41, 5.74) is 2.16. The van der Waals surface area contributed by atoms with E-state index in [1.54, 1.807) is 0 Å². The topological polar surface area (TPSA) is 41.1 Å². The van der Waals surface area contributed by atoms with E-state index in [-0.39, 0.29) is 24.5 Å². The van der Waals surface area contributed by atoms with Gasteiger partial charge in [-0.15, -0.1) is 0 Å². The Bertz CT molecular complexity index is 660. The molecule has 0 aliphatic rings. The van der Waals surface area contributed by atoms with Gasteiger partial charge in [0.2, 0.25) is 5.91 Å². The number of rotatable bonds is 6. The zero-order valence-electron chi connectivity index (χ0n) is 13.1. The Morgan fingerprint density at radius 1 is 1.09 bits per heavy atom. The third kappa shape index (κ3) is 5.34. The van der Waals surface area contributed by atoms with Crippen LogP contribution in [0, 0.1) is 0 Å². The molecule has 0 spiro atoms. The van der Waals surface area contributed by atoms with Crippen molar-refractivity contribution in [3.05, 3.63) is 69.2 Å². The largest absolute Gasteiger partial charge is 0.348 e. The molecule has 0 radical (unpaired) electrons. The first kappa shape index (κ1) is 18.0. The average molecular weight is 396 g/mol. The molecule has 23 heavy (non-hydrogen) atoms. The predicted molar refractivity (Wildman–Crippen MR) is 98.6 cm³/mol. The van der Waals surface area contributed by atoms with Crippen molar-refractivity contribution < 1.29 is 4.79 Å². The van der Waals surface area contributed by atoms with Crippen molar-refractivity contribution in [2.45, 2.75) is 25.9 Å². The minimum atomic E-state index is -0.0503. The van der Waals surface area contributed by atoms with E-state index in [9.17, 15) is 4.79 Å². The van der Waals surface area contributed by atoms with Gasteiger partial charge in [0.05, 0.1) is 12.6 Å². The Hall–Kier alpha value is -1.36. The van der Waals surface area contributed by atoms with Gasteiger partial charge >= 0.3 is 0 Å². The number of nitrogens with one attached hydrogen (secondary N) is 2. The molecule has 1 amide bonds. The van der Waals surface area contributed by atoms with E-state index in [1.807, 2.05) is 62.4 Å². The SMILES string of the molecule is C[C@H](NC(=O)CN[C@H](C)c1ccc(Cl)cc1)c1ccccc1Br. The third-order valence-corrected chi connectivity index (χ3v) is 4.66. The Morgan fingerprint density at radius 3 is 2.39 bits per heavy atom. The summed E-state index contributed by atoms with van der Waals surface area (Å²) in [6.45, 7) is 4.26. The molecule has 0 aliphatic carbocycles. The van der Waals surface area contributed by atoms with Gasteiger partial charge in [0.15, 0.2) is 0 Å². The quantitative estimate of drug-likeness (QED) is 0.748. The first-order valence-corrected chi connectivity index (χ1v) is 8.67. The highest BCUT2D eigenvalue weighted by atomic mass is 79.9. The molecule has 0 saturated carbocycles. The molecule has 0 aromatic heterocycles. The molecule has 2 rings (SSSR count). The van der Waals surface area contributed by atoms with E-state index in [4.69, 9.17) is 11.6 Å². The number of amides is 1. The molecular weight excluding hydrogens is 376 g/mol. The van der Waals surface area contributed by atoms with E-state index >= 15 is 0 Å². The lowest BCUT2D eigenvalue weighted by atomic mass is 10.1. The second-order valence-electron chi connectivity index (χ2n) is 5.46. The second kappa shape index (κ2) is 8.48. The number of benzene rings is 2. The number of halogens is 2.